The number of nitrogens with zero attached hydrogens (tertiary/aromatic N) is 2. The molecule has 1 heterocycles. The van der Waals surface area contributed by atoms with Gasteiger partial charge in [0.1, 0.15) is 0 Å². The number of piperazine rings is 1. The molecule has 1 N–H and O–H groups in total. The van der Waals surface area contributed by atoms with Crippen LogP contribution in [0.25, 0.3) is 0 Å². The van der Waals surface area contributed by atoms with Crippen LogP contribution in [-0.2, 0) is 0 Å². The summed E-state index contributed by atoms with van der Waals surface area (Å²) in [6, 6.07) is 19.0. The van der Waals surface area contributed by atoms with E-state index in [1.807, 2.05) is 18.2 Å². The summed E-state index contributed by atoms with van der Waals surface area (Å²) >= 11 is 0. The summed E-state index contributed by atoms with van der Waals surface area (Å²) in [5.74, 6) is 0. The molecule has 0 atom stereocenters. The lowest BCUT2D eigenvalue weighted by atomic mass is 10.2. The number of rotatable bonds is 3. The van der Waals surface area contributed by atoms with Crippen molar-refractivity contribution in [2.45, 2.75) is 0 Å². The Morgan fingerprint density at radius 1 is 0.800 bits per heavy atom. The van der Waals surface area contributed by atoms with Gasteiger partial charge in [-0.05, 0) is 37.4 Å². The maximum atomic E-state index is 3.46. The zero-order valence-electron chi connectivity index (χ0n) is 11.9. The number of likely N-dealkylation sites (N-methyl/N-ethyl adjacent to an activating group) is 1. The summed E-state index contributed by atoms with van der Waals surface area (Å²) in [5.41, 5.74) is 3.58. The van der Waals surface area contributed by atoms with E-state index in [1.54, 1.807) is 0 Å². The highest BCUT2D eigenvalue weighted by Crippen LogP contribution is 2.23. The summed E-state index contributed by atoms with van der Waals surface area (Å²) in [6.45, 7) is 4.48. The minimum atomic E-state index is 1.10. The van der Waals surface area contributed by atoms with Crippen LogP contribution in [0.1, 0.15) is 0 Å². The highest BCUT2D eigenvalue weighted by molar-refractivity contribution is 5.65. The molecule has 0 spiro atoms. The van der Waals surface area contributed by atoms with E-state index in [0.717, 1.165) is 37.6 Å². The molecule has 1 aliphatic heterocycles. The molecule has 0 saturated carbocycles. The van der Waals surface area contributed by atoms with Gasteiger partial charge in [0.2, 0.25) is 0 Å². The standard InChI is InChI=1S/C17H21N3/c1-19-10-12-20(13-11-19)17-9-5-8-16(14-17)18-15-6-3-2-4-7-15/h2-9,14,18H,10-13H2,1H3. The highest BCUT2D eigenvalue weighted by Gasteiger charge is 2.14. The smallest absolute Gasteiger partial charge is 0.0405 e. The molecule has 2 aromatic carbocycles. The van der Waals surface area contributed by atoms with Gasteiger partial charge in [0.05, 0.1) is 0 Å². The molecular formula is C17H21N3. The Kier molecular flexibility index (Phi) is 3.88. The fraction of sp³-hybridized carbons (Fsp3) is 0.294. The van der Waals surface area contributed by atoms with E-state index in [0.29, 0.717) is 0 Å². The van der Waals surface area contributed by atoms with Crippen LogP contribution in [0, 0.1) is 0 Å². The minimum Gasteiger partial charge on any atom is -0.369 e. The van der Waals surface area contributed by atoms with Crippen molar-refractivity contribution in [1.29, 1.82) is 0 Å². The highest BCUT2D eigenvalue weighted by atomic mass is 15.2. The summed E-state index contributed by atoms with van der Waals surface area (Å²) in [6.07, 6.45) is 0. The largest absolute Gasteiger partial charge is 0.369 e. The molecule has 3 heteroatoms. The fourth-order valence-electron chi connectivity index (χ4n) is 2.53. The molecule has 2 aromatic rings. The monoisotopic (exact) mass is 267 g/mol. The maximum absolute atomic E-state index is 3.46. The first kappa shape index (κ1) is 13.0. The van der Waals surface area contributed by atoms with Crippen molar-refractivity contribution in [2.75, 3.05) is 43.4 Å². The SMILES string of the molecule is CN1CCN(c2cccc(Nc3ccccc3)c2)CC1. The molecule has 1 saturated heterocycles. The van der Waals surface area contributed by atoms with Crippen LogP contribution >= 0.6 is 0 Å². The molecule has 1 aliphatic rings. The summed E-state index contributed by atoms with van der Waals surface area (Å²) in [7, 11) is 2.19. The normalized spacial score (nSPS) is 16.1. The van der Waals surface area contributed by atoms with Gasteiger partial charge in [0, 0.05) is 43.2 Å². The third kappa shape index (κ3) is 3.11. The van der Waals surface area contributed by atoms with E-state index in [-0.39, 0.29) is 0 Å². The average Bonchev–Trinajstić information content (AvgIpc) is 2.49. The average molecular weight is 267 g/mol. The Bertz CT molecular complexity index is 545. The van der Waals surface area contributed by atoms with Crippen LogP contribution in [0.4, 0.5) is 17.1 Å². The van der Waals surface area contributed by atoms with Gasteiger partial charge in [-0.25, -0.2) is 0 Å². The van der Waals surface area contributed by atoms with Gasteiger partial charge in [-0.2, -0.15) is 0 Å². The third-order valence-electron chi connectivity index (χ3n) is 3.78. The maximum Gasteiger partial charge on any atom is 0.0405 e. The van der Waals surface area contributed by atoms with Crippen molar-refractivity contribution in [3.63, 3.8) is 0 Å². The molecule has 0 unspecified atom stereocenters. The van der Waals surface area contributed by atoms with Crippen LogP contribution < -0.4 is 10.2 Å². The van der Waals surface area contributed by atoms with E-state index >= 15 is 0 Å². The van der Waals surface area contributed by atoms with E-state index in [1.165, 1.54) is 5.69 Å². The Morgan fingerprint density at radius 3 is 2.25 bits per heavy atom. The van der Waals surface area contributed by atoms with E-state index in [9.17, 15) is 0 Å². The Morgan fingerprint density at radius 2 is 1.50 bits per heavy atom. The Labute approximate surface area is 120 Å². The van der Waals surface area contributed by atoms with Crippen LogP contribution in [0.3, 0.4) is 0 Å². The van der Waals surface area contributed by atoms with Crippen molar-refractivity contribution in [1.82, 2.24) is 4.90 Å². The Balaban J connectivity index is 1.73. The van der Waals surface area contributed by atoms with E-state index in [4.69, 9.17) is 0 Å². The lowest BCUT2D eigenvalue weighted by Gasteiger charge is -2.34. The van der Waals surface area contributed by atoms with Crippen LogP contribution in [0.2, 0.25) is 0 Å². The predicted octanol–water partition coefficient (Wildman–Crippen LogP) is 3.18. The second kappa shape index (κ2) is 5.97. The molecule has 104 valence electrons. The first-order chi connectivity index (χ1) is 9.81. The van der Waals surface area contributed by atoms with Gasteiger partial charge in [-0.1, -0.05) is 24.3 Å². The summed E-state index contributed by atoms with van der Waals surface area (Å²) in [5, 5.41) is 3.46. The lowest BCUT2D eigenvalue weighted by Crippen LogP contribution is -2.44. The molecule has 20 heavy (non-hydrogen) atoms. The number of nitrogens with one attached hydrogen (secondary N) is 1. The first-order valence-corrected chi connectivity index (χ1v) is 7.17. The first-order valence-electron chi connectivity index (χ1n) is 7.17. The fourth-order valence-corrected chi connectivity index (χ4v) is 2.53. The summed E-state index contributed by atoms with van der Waals surface area (Å²) in [4.78, 5) is 4.83. The van der Waals surface area contributed by atoms with E-state index in [2.05, 4.69) is 58.6 Å². The van der Waals surface area contributed by atoms with Crippen molar-refractivity contribution in [2.24, 2.45) is 0 Å². The molecule has 0 aliphatic carbocycles. The van der Waals surface area contributed by atoms with Crippen LogP contribution in [0.5, 0.6) is 0 Å². The van der Waals surface area contributed by atoms with Crippen molar-refractivity contribution < 1.29 is 0 Å². The van der Waals surface area contributed by atoms with Gasteiger partial charge >= 0.3 is 0 Å². The molecule has 1 fully saturated rings. The topological polar surface area (TPSA) is 18.5 Å². The zero-order valence-corrected chi connectivity index (χ0v) is 11.9. The van der Waals surface area contributed by atoms with Gasteiger partial charge < -0.3 is 15.1 Å². The molecule has 0 amide bonds. The third-order valence-corrected chi connectivity index (χ3v) is 3.78. The quantitative estimate of drug-likeness (QED) is 0.921. The molecule has 0 radical (unpaired) electrons. The summed E-state index contributed by atoms with van der Waals surface area (Å²) < 4.78 is 0. The van der Waals surface area contributed by atoms with Crippen LogP contribution in [-0.4, -0.2) is 38.1 Å². The second-order valence-corrected chi connectivity index (χ2v) is 5.33. The van der Waals surface area contributed by atoms with Gasteiger partial charge in [0.15, 0.2) is 0 Å². The molecule has 0 aromatic heterocycles. The van der Waals surface area contributed by atoms with Gasteiger partial charge in [0.25, 0.3) is 0 Å². The predicted molar refractivity (Wildman–Crippen MR) is 85.9 cm³/mol. The molecule has 3 nitrogen and oxygen atoms in total. The number of hydrogen-bond donors (Lipinski definition) is 1. The number of hydrogen-bond acceptors (Lipinski definition) is 3. The second-order valence-electron chi connectivity index (χ2n) is 5.33. The lowest BCUT2D eigenvalue weighted by molar-refractivity contribution is 0.313. The Hall–Kier alpha value is -2.00. The molecule has 3 rings (SSSR count). The van der Waals surface area contributed by atoms with Gasteiger partial charge in [-0.15, -0.1) is 0 Å². The van der Waals surface area contributed by atoms with Crippen LogP contribution in [0.15, 0.2) is 54.6 Å². The van der Waals surface area contributed by atoms with Crippen molar-refractivity contribution >= 4 is 17.1 Å². The number of benzene rings is 2. The number of anilines is 3. The van der Waals surface area contributed by atoms with Crippen molar-refractivity contribution in [3.8, 4) is 0 Å². The van der Waals surface area contributed by atoms with Crippen molar-refractivity contribution in [3.05, 3.63) is 54.6 Å². The van der Waals surface area contributed by atoms with Gasteiger partial charge in [-0.3, -0.25) is 0 Å². The van der Waals surface area contributed by atoms with E-state index < -0.39 is 0 Å². The zero-order chi connectivity index (χ0) is 13.8. The molecule has 0 bridgehead atoms. The minimum absolute atomic E-state index is 1.10. The number of para-hydroxylation sites is 1. The molecular weight excluding hydrogens is 246 g/mol.